The quantitative estimate of drug-likeness (QED) is 0.672. The van der Waals surface area contributed by atoms with Crippen LogP contribution >= 0.6 is 11.8 Å². The maximum atomic E-state index is 12.5. The van der Waals surface area contributed by atoms with Gasteiger partial charge in [0.15, 0.2) is 16.9 Å². The fourth-order valence-electron chi connectivity index (χ4n) is 4.32. The minimum absolute atomic E-state index is 0.113. The summed E-state index contributed by atoms with van der Waals surface area (Å²) < 4.78 is 18.6. The highest BCUT2D eigenvalue weighted by molar-refractivity contribution is 7.99. The zero-order chi connectivity index (χ0) is 21.3. The molecule has 160 valence electrons. The van der Waals surface area contributed by atoms with E-state index in [9.17, 15) is 14.7 Å². The first-order valence-corrected chi connectivity index (χ1v) is 11.1. The van der Waals surface area contributed by atoms with Crippen molar-refractivity contribution in [1.29, 1.82) is 0 Å². The summed E-state index contributed by atoms with van der Waals surface area (Å²) in [5, 5.41) is 9.43. The number of ether oxygens (including phenoxy) is 3. The topological polar surface area (TPSA) is 87.0 Å². The van der Waals surface area contributed by atoms with E-state index >= 15 is 0 Å². The molecule has 1 saturated heterocycles. The fraction of sp³-hybridized carbons (Fsp3) is 0.455. The molecular formula is C22H25NO6S. The summed E-state index contributed by atoms with van der Waals surface area (Å²) in [6.45, 7) is 1.14. The van der Waals surface area contributed by atoms with Crippen LogP contribution in [0.3, 0.4) is 0 Å². The van der Waals surface area contributed by atoms with Gasteiger partial charge in [-0.2, -0.15) is 11.8 Å². The van der Waals surface area contributed by atoms with Crippen molar-refractivity contribution < 1.29 is 24.1 Å². The van der Waals surface area contributed by atoms with E-state index in [0.717, 1.165) is 41.2 Å². The Morgan fingerprint density at radius 3 is 2.80 bits per heavy atom. The number of carboxylic acid groups (broad SMARTS) is 1. The van der Waals surface area contributed by atoms with E-state index in [-0.39, 0.29) is 17.5 Å². The summed E-state index contributed by atoms with van der Waals surface area (Å²) >= 11 is 1.89. The van der Waals surface area contributed by atoms with E-state index in [0.29, 0.717) is 24.7 Å². The highest BCUT2D eigenvalue weighted by atomic mass is 32.2. The van der Waals surface area contributed by atoms with Crippen LogP contribution in [0, 0.1) is 0 Å². The zero-order valence-corrected chi connectivity index (χ0v) is 17.9. The van der Waals surface area contributed by atoms with E-state index < -0.39 is 11.4 Å². The molecule has 2 aromatic rings. The molecule has 1 N–H and O–H groups in total. The monoisotopic (exact) mass is 431 g/mol. The Kier molecular flexibility index (Phi) is 6.06. The number of benzene rings is 1. The first-order chi connectivity index (χ1) is 14.5. The van der Waals surface area contributed by atoms with Crippen LogP contribution in [0.5, 0.6) is 11.5 Å². The van der Waals surface area contributed by atoms with Crippen molar-refractivity contribution in [3.63, 3.8) is 0 Å². The first kappa shape index (κ1) is 20.8. The molecule has 7 nitrogen and oxygen atoms in total. The van der Waals surface area contributed by atoms with Crippen LogP contribution in [0.15, 0.2) is 29.2 Å². The Morgan fingerprint density at radius 2 is 2.07 bits per heavy atom. The number of methoxy groups -OCH3 is 2. The molecule has 0 aliphatic carbocycles. The SMILES string of the molecule is COCCCOc1cc2c(cc1OC)-c1cc(=O)c(C(=O)O)cn1[C@H]1CCSC[C@H]21. The third-order valence-corrected chi connectivity index (χ3v) is 6.87. The minimum Gasteiger partial charge on any atom is -0.493 e. The number of carbonyl (C=O) groups is 1. The second-order valence-corrected chi connectivity index (χ2v) is 8.62. The molecule has 2 aliphatic heterocycles. The largest absolute Gasteiger partial charge is 0.493 e. The van der Waals surface area contributed by atoms with Crippen molar-refractivity contribution in [2.45, 2.75) is 24.8 Å². The number of hydrogen-bond donors (Lipinski definition) is 1. The predicted octanol–water partition coefficient (Wildman–Crippen LogP) is 3.41. The van der Waals surface area contributed by atoms with Crippen molar-refractivity contribution >= 4 is 17.7 Å². The van der Waals surface area contributed by atoms with Crippen molar-refractivity contribution in [3.8, 4) is 22.8 Å². The molecule has 1 aromatic heterocycles. The van der Waals surface area contributed by atoms with Crippen LogP contribution in [0.1, 0.15) is 40.7 Å². The fourth-order valence-corrected chi connectivity index (χ4v) is 5.55. The highest BCUT2D eigenvalue weighted by Gasteiger charge is 2.37. The second kappa shape index (κ2) is 8.73. The summed E-state index contributed by atoms with van der Waals surface area (Å²) in [7, 11) is 3.25. The van der Waals surface area contributed by atoms with Crippen molar-refractivity contribution in [2.24, 2.45) is 0 Å². The molecule has 1 fully saturated rings. The van der Waals surface area contributed by atoms with Crippen LogP contribution in [0.4, 0.5) is 0 Å². The average molecular weight is 432 g/mol. The number of nitrogens with zero attached hydrogens (tertiary/aromatic N) is 1. The van der Waals surface area contributed by atoms with Gasteiger partial charge in [-0.3, -0.25) is 4.79 Å². The Morgan fingerprint density at radius 1 is 1.23 bits per heavy atom. The van der Waals surface area contributed by atoms with E-state index in [1.165, 1.54) is 12.3 Å². The van der Waals surface area contributed by atoms with Gasteiger partial charge in [0.05, 0.1) is 19.4 Å². The van der Waals surface area contributed by atoms with Crippen LogP contribution in [-0.2, 0) is 4.74 Å². The maximum Gasteiger partial charge on any atom is 0.341 e. The molecule has 30 heavy (non-hydrogen) atoms. The lowest BCUT2D eigenvalue weighted by molar-refractivity contribution is 0.0694. The maximum absolute atomic E-state index is 12.5. The summed E-state index contributed by atoms with van der Waals surface area (Å²) in [6, 6.07) is 5.49. The molecule has 2 aliphatic rings. The molecule has 0 bridgehead atoms. The third-order valence-electron chi connectivity index (χ3n) is 5.75. The van der Waals surface area contributed by atoms with Gasteiger partial charge < -0.3 is 23.9 Å². The van der Waals surface area contributed by atoms with Gasteiger partial charge in [-0.15, -0.1) is 0 Å². The Balaban J connectivity index is 1.84. The van der Waals surface area contributed by atoms with E-state index in [2.05, 4.69) is 0 Å². The molecule has 1 aromatic carbocycles. The molecule has 0 radical (unpaired) electrons. The summed E-state index contributed by atoms with van der Waals surface area (Å²) in [6.07, 6.45) is 3.20. The van der Waals surface area contributed by atoms with Crippen LogP contribution < -0.4 is 14.9 Å². The lowest BCUT2D eigenvalue weighted by Gasteiger charge is -2.40. The minimum atomic E-state index is -1.19. The van der Waals surface area contributed by atoms with Gasteiger partial charge in [0.1, 0.15) is 5.56 Å². The summed E-state index contributed by atoms with van der Waals surface area (Å²) in [5.41, 5.74) is 2.08. The van der Waals surface area contributed by atoms with Crippen molar-refractivity contribution in [2.75, 3.05) is 38.9 Å². The Labute approximate surface area is 179 Å². The van der Waals surface area contributed by atoms with E-state index in [1.807, 2.05) is 28.5 Å². The molecule has 0 unspecified atom stereocenters. The third kappa shape index (κ3) is 3.70. The summed E-state index contributed by atoms with van der Waals surface area (Å²) in [4.78, 5) is 24.0. The molecule has 0 saturated carbocycles. The molecule has 2 atom stereocenters. The molecule has 0 spiro atoms. The molecular weight excluding hydrogens is 406 g/mol. The number of pyridine rings is 1. The van der Waals surface area contributed by atoms with Crippen molar-refractivity contribution in [1.82, 2.24) is 4.57 Å². The lowest BCUT2D eigenvalue weighted by atomic mass is 9.82. The molecule has 0 amide bonds. The van der Waals surface area contributed by atoms with Crippen LogP contribution in [0.25, 0.3) is 11.3 Å². The molecule has 4 rings (SSSR count). The normalized spacial score (nSPS) is 19.4. The van der Waals surface area contributed by atoms with Gasteiger partial charge in [-0.05, 0) is 29.9 Å². The van der Waals surface area contributed by atoms with Gasteiger partial charge in [0, 0.05) is 55.7 Å². The van der Waals surface area contributed by atoms with Crippen LogP contribution in [-0.4, -0.2) is 54.6 Å². The highest BCUT2D eigenvalue weighted by Crippen LogP contribution is 2.50. The lowest BCUT2D eigenvalue weighted by Crippen LogP contribution is -2.32. The average Bonchev–Trinajstić information content (AvgIpc) is 2.75. The number of fused-ring (bicyclic) bond motifs is 6. The smallest absolute Gasteiger partial charge is 0.341 e. The van der Waals surface area contributed by atoms with E-state index in [4.69, 9.17) is 14.2 Å². The van der Waals surface area contributed by atoms with Crippen molar-refractivity contribution in [3.05, 3.63) is 45.7 Å². The first-order valence-electron chi connectivity index (χ1n) is 9.96. The molecule has 8 heteroatoms. The number of thioether (sulfide) groups is 1. The number of carboxylic acids is 1. The number of aromatic nitrogens is 1. The number of aromatic carboxylic acids is 1. The standard InChI is InChI=1S/C22H25NO6S/c1-27-5-3-6-29-21-8-13-14(9-20(21)28-2)18-10-19(24)15(22(25)26)11-23(18)17-4-7-30-12-16(13)17/h8-11,16-17H,3-7,12H2,1-2H3,(H,25,26)/t16-,17+/m1/s1. The molecule has 3 heterocycles. The van der Waals surface area contributed by atoms with Gasteiger partial charge in [-0.25, -0.2) is 4.79 Å². The van der Waals surface area contributed by atoms with Gasteiger partial charge in [0.2, 0.25) is 0 Å². The van der Waals surface area contributed by atoms with Crippen LogP contribution in [0.2, 0.25) is 0 Å². The van der Waals surface area contributed by atoms with Gasteiger partial charge >= 0.3 is 5.97 Å². The second-order valence-electron chi connectivity index (χ2n) is 7.47. The van der Waals surface area contributed by atoms with Gasteiger partial charge in [0.25, 0.3) is 0 Å². The Hall–Kier alpha value is -2.45. The van der Waals surface area contributed by atoms with E-state index in [1.54, 1.807) is 14.2 Å². The number of hydrogen-bond acceptors (Lipinski definition) is 6. The summed E-state index contributed by atoms with van der Waals surface area (Å²) in [5.74, 6) is 2.22. The zero-order valence-electron chi connectivity index (χ0n) is 17.1. The number of rotatable bonds is 7. The van der Waals surface area contributed by atoms with Gasteiger partial charge in [-0.1, -0.05) is 0 Å². The Bertz CT molecular complexity index is 1020. The predicted molar refractivity (Wildman–Crippen MR) is 115 cm³/mol.